The summed E-state index contributed by atoms with van der Waals surface area (Å²) in [6.07, 6.45) is 2.58. The highest BCUT2D eigenvalue weighted by Gasteiger charge is 2.21. The van der Waals surface area contributed by atoms with Crippen molar-refractivity contribution in [3.63, 3.8) is 0 Å². The minimum atomic E-state index is 0.277. The summed E-state index contributed by atoms with van der Waals surface area (Å²) < 4.78 is 0. The number of aliphatic hydroxyl groups excluding tert-OH is 1. The molecule has 1 rings (SSSR count). The molecule has 0 saturated carbocycles. The maximum absolute atomic E-state index is 8.84. The van der Waals surface area contributed by atoms with Gasteiger partial charge in [0.25, 0.3) is 0 Å². The van der Waals surface area contributed by atoms with Crippen molar-refractivity contribution in [3.8, 4) is 0 Å². The van der Waals surface area contributed by atoms with Gasteiger partial charge >= 0.3 is 0 Å². The lowest BCUT2D eigenvalue weighted by molar-refractivity contribution is 0.104. The number of aliphatic hydroxyl groups is 1. The largest absolute Gasteiger partial charge is 0.395 e. The molecule has 0 bridgehead atoms. The normalized spacial score (nSPS) is 25.4. The minimum absolute atomic E-state index is 0.277. The third-order valence-corrected chi connectivity index (χ3v) is 3.00. The topological polar surface area (TPSA) is 26.7 Å². The minimum Gasteiger partial charge on any atom is -0.395 e. The Morgan fingerprint density at radius 3 is 2.92 bits per heavy atom. The summed E-state index contributed by atoms with van der Waals surface area (Å²) in [5.74, 6) is 0. The molecule has 0 aromatic heterocycles. The Kier molecular flexibility index (Phi) is 4.70. The fourth-order valence-corrected chi connectivity index (χ4v) is 2.02. The highest BCUT2D eigenvalue weighted by atomic mass is 16.3. The molecule has 1 aliphatic rings. The highest BCUT2D eigenvalue weighted by Crippen LogP contribution is 2.13. The molecule has 0 aromatic rings. The van der Waals surface area contributed by atoms with E-state index >= 15 is 0 Å². The second-order valence-corrected chi connectivity index (χ2v) is 3.89. The van der Waals surface area contributed by atoms with Gasteiger partial charge < -0.3 is 10.0 Å². The average molecular weight is 186 g/mol. The SMILES string of the molecule is CCN1CCCC(N(C)CCO)C1. The van der Waals surface area contributed by atoms with Gasteiger partial charge in [-0.25, -0.2) is 0 Å². The molecule has 1 aliphatic heterocycles. The van der Waals surface area contributed by atoms with Crippen LogP contribution in [0.5, 0.6) is 0 Å². The van der Waals surface area contributed by atoms with E-state index in [1.54, 1.807) is 0 Å². The van der Waals surface area contributed by atoms with E-state index in [2.05, 4.69) is 23.8 Å². The van der Waals surface area contributed by atoms with E-state index in [0.29, 0.717) is 6.04 Å². The Morgan fingerprint density at radius 2 is 2.31 bits per heavy atom. The number of piperidine rings is 1. The summed E-state index contributed by atoms with van der Waals surface area (Å²) in [5.41, 5.74) is 0. The predicted octanol–water partition coefficient (Wildman–Crippen LogP) is 0.395. The first-order valence-electron chi connectivity index (χ1n) is 5.31. The zero-order chi connectivity index (χ0) is 9.68. The predicted molar refractivity (Wildman–Crippen MR) is 54.9 cm³/mol. The van der Waals surface area contributed by atoms with Crippen molar-refractivity contribution < 1.29 is 5.11 Å². The van der Waals surface area contributed by atoms with Gasteiger partial charge in [0.1, 0.15) is 0 Å². The van der Waals surface area contributed by atoms with Crippen molar-refractivity contribution >= 4 is 0 Å². The van der Waals surface area contributed by atoms with Gasteiger partial charge in [-0.05, 0) is 33.0 Å². The van der Waals surface area contributed by atoms with Crippen LogP contribution in [0.15, 0.2) is 0 Å². The number of nitrogens with zero attached hydrogens (tertiary/aromatic N) is 2. The maximum Gasteiger partial charge on any atom is 0.0558 e. The van der Waals surface area contributed by atoms with E-state index < -0.39 is 0 Å². The smallest absolute Gasteiger partial charge is 0.0558 e. The fourth-order valence-electron chi connectivity index (χ4n) is 2.02. The van der Waals surface area contributed by atoms with Crippen LogP contribution in [0.4, 0.5) is 0 Å². The lowest BCUT2D eigenvalue weighted by Crippen LogP contribution is -2.47. The van der Waals surface area contributed by atoms with E-state index in [1.165, 1.54) is 25.9 Å². The second kappa shape index (κ2) is 5.58. The first kappa shape index (κ1) is 11.0. The van der Waals surface area contributed by atoms with E-state index in [0.717, 1.165) is 13.1 Å². The Bertz CT molecular complexity index is 141. The molecule has 1 N–H and O–H groups in total. The molecule has 0 radical (unpaired) electrons. The monoisotopic (exact) mass is 186 g/mol. The number of likely N-dealkylation sites (tertiary alicyclic amines) is 1. The molecular formula is C10H22N2O. The van der Waals surface area contributed by atoms with Crippen LogP contribution in [0.1, 0.15) is 19.8 Å². The Morgan fingerprint density at radius 1 is 1.54 bits per heavy atom. The molecule has 3 nitrogen and oxygen atoms in total. The third-order valence-electron chi connectivity index (χ3n) is 3.00. The molecule has 3 heteroatoms. The van der Waals surface area contributed by atoms with Gasteiger partial charge in [0.05, 0.1) is 6.61 Å². The van der Waals surface area contributed by atoms with Crippen LogP contribution in [0.25, 0.3) is 0 Å². The Balaban J connectivity index is 2.32. The zero-order valence-corrected chi connectivity index (χ0v) is 8.87. The quantitative estimate of drug-likeness (QED) is 0.688. The molecule has 1 saturated heterocycles. The van der Waals surface area contributed by atoms with E-state index in [9.17, 15) is 0 Å². The van der Waals surface area contributed by atoms with Crippen LogP contribution < -0.4 is 0 Å². The van der Waals surface area contributed by atoms with Gasteiger partial charge in [-0.1, -0.05) is 6.92 Å². The molecule has 1 unspecified atom stereocenters. The van der Waals surface area contributed by atoms with Gasteiger partial charge in [-0.15, -0.1) is 0 Å². The third kappa shape index (κ3) is 3.25. The van der Waals surface area contributed by atoms with E-state index in [4.69, 9.17) is 5.11 Å². The van der Waals surface area contributed by atoms with Crippen LogP contribution in [0, 0.1) is 0 Å². The van der Waals surface area contributed by atoms with Crippen molar-refractivity contribution in [2.45, 2.75) is 25.8 Å². The van der Waals surface area contributed by atoms with E-state index in [-0.39, 0.29) is 6.61 Å². The van der Waals surface area contributed by atoms with Crippen LogP contribution in [0.3, 0.4) is 0 Å². The van der Waals surface area contributed by atoms with Crippen LogP contribution in [0.2, 0.25) is 0 Å². The fraction of sp³-hybridized carbons (Fsp3) is 1.00. The summed E-state index contributed by atoms with van der Waals surface area (Å²) in [6.45, 7) is 6.88. The number of rotatable bonds is 4. The zero-order valence-electron chi connectivity index (χ0n) is 8.87. The lowest BCUT2D eigenvalue weighted by Gasteiger charge is -2.36. The molecule has 13 heavy (non-hydrogen) atoms. The van der Waals surface area contributed by atoms with Gasteiger partial charge in [-0.2, -0.15) is 0 Å². The number of hydrogen-bond donors (Lipinski definition) is 1. The van der Waals surface area contributed by atoms with Gasteiger partial charge in [0, 0.05) is 19.1 Å². The molecule has 0 aliphatic carbocycles. The molecule has 1 atom stereocenters. The maximum atomic E-state index is 8.84. The van der Waals surface area contributed by atoms with Crippen molar-refractivity contribution in [2.75, 3.05) is 39.8 Å². The van der Waals surface area contributed by atoms with Crippen LogP contribution in [-0.2, 0) is 0 Å². The lowest BCUT2D eigenvalue weighted by atomic mass is 10.0. The highest BCUT2D eigenvalue weighted by molar-refractivity contribution is 4.78. The molecule has 1 heterocycles. The van der Waals surface area contributed by atoms with Crippen molar-refractivity contribution in [2.24, 2.45) is 0 Å². The average Bonchev–Trinajstić information content (AvgIpc) is 2.18. The standard InChI is InChI=1S/C10H22N2O/c1-3-12-6-4-5-10(9-12)11(2)7-8-13/h10,13H,3-9H2,1-2H3. The van der Waals surface area contributed by atoms with Crippen molar-refractivity contribution in [1.29, 1.82) is 0 Å². The molecule has 78 valence electrons. The Hall–Kier alpha value is -0.120. The summed E-state index contributed by atoms with van der Waals surface area (Å²) in [7, 11) is 2.11. The number of hydrogen-bond acceptors (Lipinski definition) is 3. The van der Waals surface area contributed by atoms with Crippen LogP contribution in [-0.4, -0.2) is 60.8 Å². The van der Waals surface area contributed by atoms with Crippen molar-refractivity contribution in [1.82, 2.24) is 9.80 Å². The number of likely N-dealkylation sites (N-methyl/N-ethyl adjacent to an activating group) is 2. The van der Waals surface area contributed by atoms with Gasteiger partial charge in [0.15, 0.2) is 0 Å². The van der Waals surface area contributed by atoms with Crippen LogP contribution >= 0.6 is 0 Å². The van der Waals surface area contributed by atoms with Crippen molar-refractivity contribution in [3.05, 3.63) is 0 Å². The summed E-state index contributed by atoms with van der Waals surface area (Å²) >= 11 is 0. The van der Waals surface area contributed by atoms with E-state index in [1.807, 2.05) is 0 Å². The molecular weight excluding hydrogens is 164 g/mol. The molecule has 0 aromatic carbocycles. The molecule has 0 amide bonds. The molecule has 1 fully saturated rings. The first-order chi connectivity index (χ1) is 6.27. The summed E-state index contributed by atoms with van der Waals surface area (Å²) in [4.78, 5) is 4.77. The first-order valence-corrected chi connectivity index (χ1v) is 5.31. The summed E-state index contributed by atoms with van der Waals surface area (Å²) in [5, 5.41) is 8.84. The molecule has 0 spiro atoms. The Labute approximate surface area is 81.3 Å². The van der Waals surface area contributed by atoms with Gasteiger partial charge in [-0.3, -0.25) is 4.90 Å². The second-order valence-electron chi connectivity index (χ2n) is 3.89. The van der Waals surface area contributed by atoms with Gasteiger partial charge in [0.2, 0.25) is 0 Å². The summed E-state index contributed by atoms with van der Waals surface area (Å²) in [6, 6.07) is 0.654.